The quantitative estimate of drug-likeness (QED) is 0.472. The van der Waals surface area contributed by atoms with E-state index < -0.39 is 11.9 Å². The molecule has 1 aliphatic rings. The summed E-state index contributed by atoms with van der Waals surface area (Å²) >= 11 is 7.74. The average Bonchev–Trinajstić information content (AvgIpc) is 3.23. The molecule has 31 heavy (non-hydrogen) atoms. The maximum atomic E-state index is 12.1. The number of aromatic nitrogens is 1. The SMILES string of the molecule is Cc1cc(C=Nc2cc(C(=O)O)ccc2Cl)c(C)n1-c1sc2c(c1C(=O)O)CCCC2. The monoisotopic (exact) mass is 456 g/mol. The summed E-state index contributed by atoms with van der Waals surface area (Å²) in [5.41, 5.74) is 4.44. The highest BCUT2D eigenvalue weighted by Gasteiger charge is 2.27. The number of halogens is 1. The van der Waals surface area contributed by atoms with Crippen LogP contribution < -0.4 is 0 Å². The molecule has 0 saturated heterocycles. The maximum Gasteiger partial charge on any atom is 0.339 e. The Labute approximate surface area is 188 Å². The number of thiophene rings is 1. The van der Waals surface area contributed by atoms with Crippen molar-refractivity contribution in [1.29, 1.82) is 0 Å². The van der Waals surface area contributed by atoms with Crippen LogP contribution in [0, 0.1) is 13.8 Å². The Morgan fingerprint density at radius 3 is 2.58 bits per heavy atom. The zero-order valence-electron chi connectivity index (χ0n) is 17.1. The first kappa shape index (κ1) is 21.3. The van der Waals surface area contributed by atoms with E-state index in [0.717, 1.165) is 53.2 Å². The molecule has 0 unspecified atom stereocenters. The normalized spacial score (nSPS) is 13.5. The lowest BCUT2D eigenvalue weighted by Crippen LogP contribution is -2.09. The molecule has 2 N–H and O–H groups in total. The number of hydrogen-bond acceptors (Lipinski definition) is 4. The van der Waals surface area contributed by atoms with E-state index in [4.69, 9.17) is 11.6 Å². The van der Waals surface area contributed by atoms with Gasteiger partial charge in [-0.3, -0.25) is 4.99 Å². The Morgan fingerprint density at radius 1 is 1.13 bits per heavy atom. The van der Waals surface area contributed by atoms with Crippen molar-refractivity contribution in [3.8, 4) is 5.00 Å². The van der Waals surface area contributed by atoms with Crippen molar-refractivity contribution in [2.75, 3.05) is 0 Å². The van der Waals surface area contributed by atoms with E-state index in [-0.39, 0.29) is 5.56 Å². The van der Waals surface area contributed by atoms with Gasteiger partial charge in [-0.15, -0.1) is 11.3 Å². The van der Waals surface area contributed by atoms with Gasteiger partial charge in [0.05, 0.1) is 21.8 Å². The van der Waals surface area contributed by atoms with Gasteiger partial charge in [0.2, 0.25) is 0 Å². The van der Waals surface area contributed by atoms with Gasteiger partial charge in [0, 0.05) is 28.0 Å². The number of aliphatic imine (C=N–C) groups is 1. The molecule has 2 heterocycles. The second kappa shape index (κ2) is 8.32. The summed E-state index contributed by atoms with van der Waals surface area (Å²) in [7, 11) is 0. The van der Waals surface area contributed by atoms with E-state index in [0.29, 0.717) is 16.3 Å². The van der Waals surface area contributed by atoms with Gasteiger partial charge in [-0.2, -0.15) is 0 Å². The molecule has 4 rings (SSSR count). The van der Waals surface area contributed by atoms with Gasteiger partial charge in [-0.25, -0.2) is 9.59 Å². The first-order valence-corrected chi connectivity index (χ1v) is 11.1. The van der Waals surface area contributed by atoms with Crippen LogP contribution in [0.15, 0.2) is 29.3 Å². The van der Waals surface area contributed by atoms with E-state index >= 15 is 0 Å². The van der Waals surface area contributed by atoms with Crippen molar-refractivity contribution < 1.29 is 19.8 Å². The molecule has 6 nitrogen and oxygen atoms in total. The maximum absolute atomic E-state index is 12.1. The van der Waals surface area contributed by atoms with Crippen molar-refractivity contribution in [2.45, 2.75) is 39.5 Å². The summed E-state index contributed by atoms with van der Waals surface area (Å²) in [6, 6.07) is 6.31. The Hall–Kier alpha value is -2.90. The second-order valence-corrected chi connectivity index (χ2v) is 9.08. The van der Waals surface area contributed by atoms with Crippen molar-refractivity contribution in [2.24, 2.45) is 4.99 Å². The van der Waals surface area contributed by atoms with Crippen LogP contribution in [0.25, 0.3) is 5.00 Å². The molecule has 0 amide bonds. The van der Waals surface area contributed by atoms with Crippen LogP contribution in [0.2, 0.25) is 5.02 Å². The van der Waals surface area contributed by atoms with E-state index in [1.165, 1.54) is 23.1 Å². The number of benzene rings is 1. The Bertz CT molecular complexity index is 1240. The number of fused-ring (bicyclic) bond motifs is 1. The van der Waals surface area contributed by atoms with Gasteiger partial charge in [0.15, 0.2) is 0 Å². The van der Waals surface area contributed by atoms with Gasteiger partial charge < -0.3 is 14.8 Å². The van der Waals surface area contributed by atoms with Crippen LogP contribution in [0.1, 0.15) is 60.9 Å². The third-order valence-electron chi connectivity index (χ3n) is 5.58. The molecule has 2 aromatic heterocycles. The van der Waals surface area contributed by atoms with Crippen LogP contribution >= 0.6 is 22.9 Å². The highest BCUT2D eigenvalue weighted by Crippen LogP contribution is 2.38. The summed E-state index contributed by atoms with van der Waals surface area (Å²) < 4.78 is 1.98. The number of nitrogens with zero attached hydrogens (tertiary/aromatic N) is 2. The molecule has 0 bridgehead atoms. The van der Waals surface area contributed by atoms with Crippen LogP contribution in [-0.2, 0) is 12.8 Å². The van der Waals surface area contributed by atoms with Crippen LogP contribution in [0.3, 0.4) is 0 Å². The van der Waals surface area contributed by atoms with E-state index in [9.17, 15) is 19.8 Å². The van der Waals surface area contributed by atoms with Crippen LogP contribution in [0.4, 0.5) is 5.69 Å². The Balaban J connectivity index is 1.77. The summed E-state index contributed by atoms with van der Waals surface area (Å²) in [5.74, 6) is -1.94. The first-order chi connectivity index (χ1) is 14.8. The number of aromatic carboxylic acids is 2. The van der Waals surface area contributed by atoms with E-state index in [1.54, 1.807) is 17.6 Å². The number of carboxylic acids is 2. The zero-order valence-corrected chi connectivity index (χ0v) is 18.7. The number of carboxylic acid groups (broad SMARTS) is 2. The minimum absolute atomic E-state index is 0.109. The molecular formula is C23H21ClN2O4S. The zero-order chi connectivity index (χ0) is 22.3. The molecule has 0 aliphatic heterocycles. The van der Waals surface area contributed by atoms with Crippen LogP contribution in [0.5, 0.6) is 0 Å². The van der Waals surface area contributed by atoms with Crippen molar-refractivity contribution in [1.82, 2.24) is 4.57 Å². The predicted octanol–water partition coefficient (Wildman–Crippen LogP) is 5.83. The van der Waals surface area contributed by atoms with E-state index in [1.807, 2.05) is 24.5 Å². The lowest BCUT2D eigenvalue weighted by atomic mass is 9.95. The molecule has 1 aliphatic carbocycles. The average molecular weight is 457 g/mol. The standard InChI is InChI=1S/C23H21ClN2O4S/c1-12-9-15(11-25-18-10-14(22(27)28)7-8-17(18)24)13(2)26(12)21-20(23(29)30)16-5-3-4-6-19(16)31-21/h7-11H,3-6H2,1-2H3,(H,27,28)(H,29,30). The minimum Gasteiger partial charge on any atom is -0.478 e. The fourth-order valence-corrected chi connectivity index (χ4v) is 5.70. The summed E-state index contributed by atoms with van der Waals surface area (Å²) in [5, 5.41) is 20.2. The molecule has 0 radical (unpaired) electrons. The lowest BCUT2D eigenvalue weighted by Gasteiger charge is -2.11. The molecule has 160 valence electrons. The molecule has 0 atom stereocenters. The minimum atomic E-state index is -1.05. The molecular weight excluding hydrogens is 436 g/mol. The van der Waals surface area contributed by atoms with Crippen LogP contribution in [-0.4, -0.2) is 32.9 Å². The predicted molar refractivity (Wildman–Crippen MR) is 122 cm³/mol. The van der Waals surface area contributed by atoms with Crippen molar-refractivity contribution in [3.05, 3.63) is 67.8 Å². The van der Waals surface area contributed by atoms with Gasteiger partial charge in [-0.05, 0) is 69.4 Å². The number of hydrogen-bond donors (Lipinski definition) is 2. The van der Waals surface area contributed by atoms with Gasteiger partial charge in [0.25, 0.3) is 0 Å². The second-order valence-electron chi connectivity index (χ2n) is 7.59. The number of aryl methyl sites for hydroxylation is 2. The third-order valence-corrected chi connectivity index (χ3v) is 7.17. The summed E-state index contributed by atoms with van der Waals surface area (Å²) in [4.78, 5) is 28.9. The van der Waals surface area contributed by atoms with Gasteiger partial charge in [0.1, 0.15) is 5.00 Å². The molecule has 3 aromatic rings. The van der Waals surface area contributed by atoms with Crippen molar-refractivity contribution in [3.63, 3.8) is 0 Å². The Kier molecular flexibility index (Phi) is 5.73. The molecule has 0 spiro atoms. The van der Waals surface area contributed by atoms with Gasteiger partial charge >= 0.3 is 11.9 Å². The largest absolute Gasteiger partial charge is 0.478 e. The summed E-state index contributed by atoms with van der Waals surface area (Å²) in [6.07, 6.45) is 5.47. The topological polar surface area (TPSA) is 91.9 Å². The molecule has 0 fully saturated rings. The highest BCUT2D eigenvalue weighted by atomic mass is 35.5. The smallest absolute Gasteiger partial charge is 0.339 e. The lowest BCUT2D eigenvalue weighted by molar-refractivity contribution is 0.0685. The number of rotatable bonds is 5. The van der Waals surface area contributed by atoms with Crippen molar-refractivity contribution >= 4 is 46.8 Å². The molecule has 8 heteroatoms. The highest BCUT2D eigenvalue weighted by molar-refractivity contribution is 7.15. The third kappa shape index (κ3) is 3.91. The fourth-order valence-electron chi connectivity index (χ4n) is 4.04. The Morgan fingerprint density at radius 2 is 1.87 bits per heavy atom. The molecule has 1 aromatic carbocycles. The summed E-state index contributed by atoms with van der Waals surface area (Å²) in [6.45, 7) is 3.86. The fraction of sp³-hybridized carbons (Fsp3) is 0.261. The first-order valence-electron chi connectivity index (χ1n) is 9.92. The van der Waals surface area contributed by atoms with E-state index in [2.05, 4.69) is 4.99 Å². The number of carbonyl (C=O) groups is 2. The molecule has 0 saturated carbocycles. The van der Waals surface area contributed by atoms with Gasteiger partial charge in [-0.1, -0.05) is 11.6 Å².